The number of anilines is 2. The highest BCUT2D eigenvalue weighted by Gasteiger charge is 2.46. The average molecular weight is 435 g/mol. The van der Waals surface area contributed by atoms with E-state index in [2.05, 4.69) is 21.3 Å². The Kier molecular flexibility index (Phi) is 3.69. The van der Waals surface area contributed by atoms with Crippen LogP contribution in [0.15, 0.2) is 70.1 Å². The summed E-state index contributed by atoms with van der Waals surface area (Å²) in [5.41, 5.74) is 1.60. The van der Waals surface area contributed by atoms with Gasteiger partial charge in [-0.15, -0.1) is 0 Å². The summed E-state index contributed by atoms with van der Waals surface area (Å²) in [4.78, 5) is 12.3. The van der Waals surface area contributed by atoms with E-state index < -0.39 is 5.62 Å². The normalized spacial score (nSPS) is 18.9. The second-order valence-electron chi connectivity index (χ2n) is 6.93. The highest BCUT2D eigenvalue weighted by atomic mass is 35.5. The van der Waals surface area contributed by atoms with Crippen LogP contribution in [-0.4, -0.2) is 38.2 Å². The minimum absolute atomic E-state index is 0.247. The number of halogens is 2. The molecule has 6 rings (SSSR count). The molecule has 4 heterocycles. The number of alkyl halides is 1. The summed E-state index contributed by atoms with van der Waals surface area (Å²) in [7, 11) is 0. The number of nitriles is 1. The standard InChI is InChI=1S/C20H12ClFN8O/c21-19-27(10-23)9-16-29(19)15-4-2-1-3-14(15)17-24-11-28(30(16)17)20-25-18(31-26-20)12-5-7-13(22)8-6-12/h1-9,19H,11H2. The Balaban J connectivity index is 1.43. The van der Waals surface area contributed by atoms with Gasteiger partial charge in [0, 0.05) is 11.1 Å². The fourth-order valence-electron chi connectivity index (χ4n) is 3.82. The fourth-order valence-corrected chi connectivity index (χ4v) is 4.12. The van der Waals surface area contributed by atoms with Crippen molar-refractivity contribution in [1.82, 2.24) is 20.0 Å². The van der Waals surface area contributed by atoms with Gasteiger partial charge in [0.25, 0.3) is 11.8 Å². The molecular weight excluding hydrogens is 423 g/mol. The van der Waals surface area contributed by atoms with Gasteiger partial charge in [0.15, 0.2) is 23.5 Å². The first-order chi connectivity index (χ1) is 15.2. The van der Waals surface area contributed by atoms with Crippen LogP contribution in [0, 0.1) is 17.3 Å². The van der Waals surface area contributed by atoms with Gasteiger partial charge in [-0.2, -0.15) is 10.2 Å². The Bertz CT molecular complexity index is 1300. The maximum absolute atomic E-state index is 13.2. The number of hydrogen-bond donors (Lipinski definition) is 0. The molecule has 11 heteroatoms. The van der Waals surface area contributed by atoms with Gasteiger partial charge in [-0.3, -0.25) is 4.90 Å². The third-order valence-electron chi connectivity index (χ3n) is 5.21. The summed E-state index contributed by atoms with van der Waals surface area (Å²) < 4.78 is 18.6. The number of rotatable bonds is 2. The molecule has 3 aliphatic heterocycles. The molecule has 0 amide bonds. The summed E-state index contributed by atoms with van der Waals surface area (Å²) in [5.74, 6) is 1.52. The minimum atomic E-state index is -0.717. The number of para-hydroxylation sites is 1. The maximum Gasteiger partial charge on any atom is 0.287 e. The van der Waals surface area contributed by atoms with Gasteiger partial charge in [-0.05, 0) is 41.6 Å². The van der Waals surface area contributed by atoms with Crippen LogP contribution in [0.3, 0.4) is 0 Å². The summed E-state index contributed by atoms with van der Waals surface area (Å²) in [6, 6.07) is 13.5. The number of hydrogen-bond acceptors (Lipinski definition) is 9. The van der Waals surface area contributed by atoms with Gasteiger partial charge in [-0.25, -0.2) is 24.3 Å². The van der Waals surface area contributed by atoms with Crippen LogP contribution in [0.1, 0.15) is 5.56 Å². The molecular formula is C20H12ClFN8O. The SMILES string of the molecule is N#CN1C=C2N(c3ccccc3C3=NCN(c4noc(-c5ccc(F)cc5)n4)N23)C1Cl. The van der Waals surface area contributed by atoms with Crippen molar-refractivity contribution in [3.8, 4) is 17.6 Å². The van der Waals surface area contributed by atoms with Gasteiger partial charge in [-0.1, -0.05) is 23.7 Å². The molecule has 0 bridgehead atoms. The van der Waals surface area contributed by atoms with E-state index in [0.717, 1.165) is 11.3 Å². The van der Waals surface area contributed by atoms with E-state index in [9.17, 15) is 9.65 Å². The van der Waals surface area contributed by atoms with E-state index in [0.29, 0.717) is 17.2 Å². The zero-order valence-electron chi connectivity index (χ0n) is 15.7. The molecule has 1 aromatic heterocycles. The average Bonchev–Trinajstić information content (AvgIpc) is 3.51. The molecule has 1 atom stereocenters. The van der Waals surface area contributed by atoms with Crippen LogP contribution >= 0.6 is 11.6 Å². The Labute approximate surface area is 180 Å². The molecule has 9 nitrogen and oxygen atoms in total. The summed E-state index contributed by atoms with van der Waals surface area (Å²) in [6.45, 7) is 0.247. The Hall–Kier alpha value is -4.10. The lowest BCUT2D eigenvalue weighted by molar-refractivity contribution is 0.412. The number of amidine groups is 1. The highest BCUT2D eigenvalue weighted by Crippen LogP contribution is 2.43. The summed E-state index contributed by atoms with van der Waals surface area (Å²) in [6.07, 6.45) is 3.74. The maximum atomic E-state index is 13.2. The van der Waals surface area contributed by atoms with Crippen LogP contribution in [-0.2, 0) is 0 Å². The summed E-state index contributed by atoms with van der Waals surface area (Å²) in [5, 5.41) is 17.1. The van der Waals surface area contributed by atoms with Crippen LogP contribution < -0.4 is 9.91 Å². The van der Waals surface area contributed by atoms with Crippen molar-refractivity contribution >= 4 is 29.1 Å². The first-order valence-electron chi connectivity index (χ1n) is 9.30. The number of fused-ring (bicyclic) bond motifs is 6. The minimum Gasteiger partial charge on any atom is -0.332 e. The number of nitrogens with zero attached hydrogens (tertiary/aromatic N) is 8. The molecule has 2 aromatic carbocycles. The predicted molar refractivity (Wildman–Crippen MR) is 110 cm³/mol. The quantitative estimate of drug-likeness (QED) is 0.345. The highest BCUT2D eigenvalue weighted by molar-refractivity contribution is 6.23. The third-order valence-corrected chi connectivity index (χ3v) is 5.62. The lowest BCUT2D eigenvalue weighted by Gasteiger charge is -2.40. The molecule has 0 fully saturated rings. The molecule has 0 saturated heterocycles. The zero-order valence-corrected chi connectivity index (χ0v) is 16.5. The van der Waals surface area contributed by atoms with Crippen molar-refractivity contribution in [2.75, 3.05) is 16.6 Å². The predicted octanol–water partition coefficient (Wildman–Crippen LogP) is 3.25. The van der Waals surface area contributed by atoms with Gasteiger partial charge in [0.2, 0.25) is 0 Å². The van der Waals surface area contributed by atoms with E-state index in [1.54, 1.807) is 23.3 Å². The van der Waals surface area contributed by atoms with E-state index >= 15 is 0 Å². The van der Waals surface area contributed by atoms with Crippen molar-refractivity contribution < 1.29 is 8.91 Å². The van der Waals surface area contributed by atoms with Gasteiger partial charge >= 0.3 is 0 Å². The monoisotopic (exact) mass is 434 g/mol. The van der Waals surface area contributed by atoms with E-state index in [1.165, 1.54) is 17.0 Å². The van der Waals surface area contributed by atoms with E-state index in [1.807, 2.05) is 34.2 Å². The van der Waals surface area contributed by atoms with Crippen molar-refractivity contribution in [3.05, 3.63) is 71.9 Å². The molecule has 31 heavy (non-hydrogen) atoms. The molecule has 1 unspecified atom stereocenters. The first-order valence-corrected chi connectivity index (χ1v) is 9.73. The number of benzene rings is 2. The number of aromatic nitrogens is 2. The Morgan fingerprint density at radius 2 is 1.97 bits per heavy atom. The van der Waals surface area contributed by atoms with E-state index in [-0.39, 0.29) is 24.3 Å². The molecule has 0 aliphatic carbocycles. The third kappa shape index (κ3) is 2.50. The van der Waals surface area contributed by atoms with Crippen LogP contribution in [0.2, 0.25) is 0 Å². The van der Waals surface area contributed by atoms with Crippen molar-refractivity contribution in [2.24, 2.45) is 4.99 Å². The first kappa shape index (κ1) is 17.7. The van der Waals surface area contributed by atoms with Gasteiger partial charge in [0.1, 0.15) is 12.5 Å². The summed E-state index contributed by atoms with van der Waals surface area (Å²) >= 11 is 6.57. The van der Waals surface area contributed by atoms with Crippen LogP contribution in [0.5, 0.6) is 0 Å². The molecule has 0 radical (unpaired) electrons. The second kappa shape index (κ2) is 6.45. The number of hydrazine groups is 1. The number of aliphatic imine (C=N–C) groups is 1. The molecule has 152 valence electrons. The topological polar surface area (TPSA) is 88.0 Å². The van der Waals surface area contributed by atoms with Gasteiger partial charge < -0.3 is 4.52 Å². The fraction of sp³-hybridized carbons (Fsp3) is 0.100. The molecule has 0 spiro atoms. The van der Waals surface area contributed by atoms with Crippen LogP contribution in [0.25, 0.3) is 11.5 Å². The van der Waals surface area contributed by atoms with Crippen molar-refractivity contribution in [2.45, 2.75) is 5.62 Å². The lowest BCUT2D eigenvalue weighted by atomic mass is 10.1. The largest absolute Gasteiger partial charge is 0.332 e. The second-order valence-corrected chi connectivity index (χ2v) is 7.32. The molecule has 0 N–H and O–H groups in total. The van der Waals surface area contributed by atoms with E-state index in [4.69, 9.17) is 16.1 Å². The zero-order chi connectivity index (χ0) is 21.1. The van der Waals surface area contributed by atoms with Crippen molar-refractivity contribution in [3.63, 3.8) is 0 Å². The van der Waals surface area contributed by atoms with Gasteiger partial charge in [0.05, 0.1) is 11.9 Å². The molecule has 3 aromatic rings. The lowest BCUT2D eigenvalue weighted by Crippen LogP contribution is -2.50. The molecule has 0 saturated carbocycles. The van der Waals surface area contributed by atoms with Crippen molar-refractivity contribution in [1.29, 1.82) is 5.26 Å². The Morgan fingerprint density at radius 3 is 2.77 bits per heavy atom. The molecule has 3 aliphatic rings. The smallest absolute Gasteiger partial charge is 0.287 e. The Morgan fingerprint density at radius 1 is 1.16 bits per heavy atom. The van der Waals surface area contributed by atoms with Crippen LogP contribution in [0.4, 0.5) is 16.0 Å².